The van der Waals surface area contributed by atoms with Gasteiger partial charge in [-0.25, -0.2) is 4.79 Å². The van der Waals surface area contributed by atoms with Gasteiger partial charge in [-0.2, -0.15) is 0 Å². The maximum absolute atomic E-state index is 11.5. The van der Waals surface area contributed by atoms with E-state index < -0.39 is 40.3 Å². The summed E-state index contributed by atoms with van der Waals surface area (Å²) in [5, 5.41) is 22.1. The van der Waals surface area contributed by atoms with Gasteiger partial charge in [-0.05, 0) is 19.9 Å². The fourth-order valence-corrected chi connectivity index (χ4v) is 2.91. The standard InChI is InChI=1S/C16H18N2O7/c1-3-24-16(19)7-5-12-10(2)25-15-6-4-11(18(22)23)8-13(15)14(12)9-17(20)21/h4-8,10,12,14H,3,9H2,1-2H3/b7-5+/t10-,12-,14+/m0/s1. The first-order valence-electron chi connectivity index (χ1n) is 7.75. The van der Waals surface area contributed by atoms with Crippen molar-refractivity contribution in [3.63, 3.8) is 0 Å². The van der Waals surface area contributed by atoms with E-state index in [2.05, 4.69) is 0 Å². The van der Waals surface area contributed by atoms with Crippen LogP contribution in [0.2, 0.25) is 0 Å². The number of hydrogen-bond donors (Lipinski definition) is 0. The van der Waals surface area contributed by atoms with Crippen molar-refractivity contribution >= 4 is 11.7 Å². The lowest BCUT2D eigenvalue weighted by Crippen LogP contribution is -2.36. The highest BCUT2D eigenvalue weighted by atomic mass is 16.6. The zero-order valence-corrected chi connectivity index (χ0v) is 13.8. The molecule has 0 N–H and O–H groups in total. The number of carbonyl (C=O) groups excluding carboxylic acids is 1. The molecule has 0 fully saturated rings. The van der Waals surface area contributed by atoms with Gasteiger partial charge in [0, 0.05) is 34.6 Å². The minimum atomic E-state index is -0.653. The van der Waals surface area contributed by atoms with Gasteiger partial charge in [-0.15, -0.1) is 0 Å². The Morgan fingerprint density at radius 2 is 2.08 bits per heavy atom. The van der Waals surface area contributed by atoms with Gasteiger partial charge in [-0.3, -0.25) is 20.2 Å². The number of non-ortho nitro benzene ring substituents is 1. The molecular formula is C16H18N2O7. The SMILES string of the molecule is CCOC(=O)/C=C/[C@H]1[C@H](C)Oc2ccc([N+](=O)[O-])cc2[C@@H]1C[N+](=O)[O-]. The van der Waals surface area contributed by atoms with Crippen LogP contribution >= 0.6 is 0 Å². The van der Waals surface area contributed by atoms with Crippen LogP contribution in [0.3, 0.4) is 0 Å². The van der Waals surface area contributed by atoms with E-state index in [9.17, 15) is 25.0 Å². The highest BCUT2D eigenvalue weighted by molar-refractivity contribution is 5.81. The zero-order chi connectivity index (χ0) is 18.6. The Morgan fingerprint density at radius 1 is 1.36 bits per heavy atom. The molecule has 25 heavy (non-hydrogen) atoms. The second kappa shape index (κ2) is 7.73. The molecule has 3 atom stereocenters. The van der Waals surface area contributed by atoms with Crippen molar-refractivity contribution in [3.05, 3.63) is 56.1 Å². The van der Waals surface area contributed by atoms with Gasteiger partial charge < -0.3 is 9.47 Å². The van der Waals surface area contributed by atoms with E-state index in [-0.39, 0.29) is 12.3 Å². The monoisotopic (exact) mass is 350 g/mol. The number of benzene rings is 1. The smallest absolute Gasteiger partial charge is 0.330 e. The molecule has 134 valence electrons. The van der Waals surface area contributed by atoms with Gasteiger partial charge in [0.15, 0.2) is 0 Å². The Kier molecular flexibility index (Phi) is 5.68. The summed E-state index contributed by atoms with van der Waals surface area (Å²) >= 11 is 0. The summed E-state index contributed by atoms with van der Waals surface area (Å²) in [6, 6.07) is 4.03. The Bertz CT molecular complexity index is 716. The molecule has 0 unspecified atom stereocenters. The Balaban J connectivity index is 2.42. The lowest BCUT2D eigenvalue weighted by Gasteiger charge is -2.34. The number of ether oxygens (including phenoxy) is 2. The molecule has 0 bridgehead atoms. The third kappa shape index (κ3) is 4.31. The van der Waals surface area contributed by atoms with Crippen LogP contribution in [0.25, 0.3) is 0 Å². The van der Waals surface area contributed by atoms with Crippen LogP contribution in [0.4, 0.5) is 5.69 Å². The van der Waals surface area contributed by atoms with E-state index in [0.29, 0.717) is 11.3 Å². The first-order chi connectivity index (χ1) is 11.8. The molecule has 2 rings (SSSR count). The Labute approximate surface area is 143 Å². The molecule has 1 aromatic carbocycles. The first kappa shape index (κ1) is 18.4. The average molecular weight is 350 g/mol. The first-order valence-corrected chi connectivity index (χ1v) is 7.75. The van der Waals surface area contributed by atoms with E-state index in [1.54, 1.807) is 13.8 Å². The third-order valence-electron chi connectivity index (χ3n) is 4.01. The predicted molar refractivity (Wildman–Crippen MR) is 87.1 cm³/mol. The topological polar surface area (TPSA) is 122 Å². The van der Waals surface area contributed by atoms with Crippen LogP contribution in [-0.4, -0.2) is 35.1 Å². The van der Waals surface area contributed by atoms with Crippen molar-refractivity contribution in [2.45, 2.75) is 25.9 Å². The molecular weight excluding hydrogens is 332 g/mol. The average Bonchev–Trinajstić information content (AvgIpc) is 2.53. The summed E-state index contributed by atoms with van der Waals surface area (Å²) in [5.74, 6) is -1.33. The van der Waals surface area contributed by atoms with Gasteiger partial charge in [0.2, 0.25) is 6.54 Å². The minimum absolute atomic E-state index is 0.168. The number of esters is 1. The van der Waals surface area contributed by atoms with Gasteiger partial charge in [0.25, 0.3) is 5.69 Å². The van der Waals surface area contributed by atoms with Gasteiger partial charge >= 0.3 is 5.97 Å². The van der Waals surface area contributed by atoms with E-state index in [0.717, 1.165) is 0 Å². The second-order valence-corrected chi connectivity index (χ2v) is 5.61. The molecule has 0 saturated carbocycles. The number of hydrogen-bond acceptors (Lipinski definition) is 7. The van der Waals surface area contributed by atoms with Crippen molar-refractivity contribution in [2.24, 2.45) is 5.92 Å². The van der Waals surface area contributed by atoms with Crippen LogP contribution in [-0.2, 0) is 9.53 Å². The van der Waals surface area contributed by atoms with Crippen LogP contribution < -0.4 is 4.74 Å². The predicted octanol–water partition coefficient (Wildman–Crippen LogP) is 2.47. The van der Waals surface area contributed by atoms with Crippen LogP contribution in [0.1, 0.15) is 25.3 Å². The molecule has 0 aromatic heterocycles. The molecule has 0 amide bonds. The number of nitrogens with zero attached hydrogens (tertiary/aromatic N) is 2. The van der Waals surface area contributed by atoms with Gasteiger partial charge in [0.05, 0.1) is 17.4 Å². The van der Waals surface area contributed by atoms with Crippen LogP contribution in [0.15, 0.2) is 30.4 Å². The van der Waals surface area contributed by atoms with E-state index >= 15 is 0 Å². The molecule has 1 aromatic rings. The van der Waals surface area contributed by atoms with Gasteiger partial charge in [-0.1, -0.05) is 6.08 Å². The van der Waals surface area contributed by atoms with E-state index in [1.165, 1.54) is 30.4 Å². The number of rotatable bonds is 6. The number of fused-ring (bicyclic) bond motifs is 1. The van der Waals surface area contributed by atoms with Crippen molar-refractivity contribution in [2.75, 3.05) is 13.2 Å². The fraction of sp³-hybridized carbons (Fsp3) is 0.438. The highest BCUT2D eigenvalue weighted by Crippen LogP contribution is 2.42. The molecule has 9 nitrogen and oxygen atoms in total. The Morgan fingerprint density at radius 3 is 2.68 bits per heavy atom. The molecule has 1 aliphatic heterocycles. The van der Waals surface area contributed by atoms with Crippen LogP contribution in [0.5, 0.6) is 5.75 Å². The number of nitro benzene ring substituents is 1. The largest absolute Gasteiger partial charge is 0.490 e. The molecule has 0 saturated heterocycles. The van der Waals surface area contributed by atoms with Crippen molar-refractivity contribution in [3.8, 4) is 5.75 Å². The minimum Gasteiger partial charge on any atom is -0.490 e. The fourth-order valence-electron chi connectivity index (χ4n) is 2.91. The number of carbonyl (C=O) groups is 1. The summed E-state index contributed by atoms with van der Waals surface area (Å²) in [6.07, 6.45) is 2.28. The molecule has 0 radical (unpaired) electrons. The zero-order valence-electron chi connectivity index (χ0n) is 13.8. The maximum Gasteiger partial charge on any atom is 0.330 e. The van der Waals surface area contributed by atoms with E-state index in [1.807, 2.05) is 0 Å². The van der Waals surface area contributed by atoms with Gasteiger partial charge in [0.1, 0.15) is 11.9 Å². The van der Waals surface area contributed by atoms with Crippen molar-refractivity contribution in [1.82, 2.24) is 0 Å². The normalized spacial score (nSPS) is 22.1. The molecule has 0 spiro atoms. The van der Waals surface area contributed by atoms with Crippen LogP contribution in [0, 0.1) is 26.1 Å². The summed E-state index contributed by atoms with van der Waals surface area (Å²) in [6.45, 7) is 3.19. The number of nitro groups is 2. The molecule has 0 aliphatic carbocycles. The quantitative estimate of drug-likeness (QED) is 0.334. The lowest BCUT2D eigenvalue weighted by molar-refractivity contribution is -0.485. The maximum atomic E-state index is 11.5. The van der Waals surface area contributed by atoms with E-state index in [4.69, 9.17) is 9.47 Å². The third-order valence-corrected chi connectivity index (χ3v) is 4.01. The summed E-state index contributed by atoms with van der Waals surface area (Å²) in [7, 11) is 0. The Hall–Kier alpha value is -2.97. The van der Waals surface area contributed by atoms with Crippen molar-refractivity contribution < 1.29 is 24.1 Å². The lowest BCUT2D eigenvalue weighted by atomic mass is 9.80. The second-order valence-electron chi connectivity index (χ2n) is 5.61. The summed E-state index contributed by atoms with van der Waals surface area (Å²) < 4.78 is 10.5. The summed E-state index contributed by atoms with van der Waals surface area (Å²) in [4.78, 5) is 32.6. The molecule has 1 heterocycles. The molecule has 9 heteroatoms. The summed E-state index contributed by atoms with van der Waals surface area (Å²) in [5.41, 5.74) is 0.223. The van der Waals surface area contributed by atoms with Crippen molar-refractivity contribution in [1.29, 1.82) is 0 Å². The molecule has 1 aliphatic rings. The highest BCUT2D eigenvalue weighted by Gasteiger charge is 2.38.